The minimum Gasteiger partial charge on any atom is -0.481 e. The maximum atomic E-state index is 13.0. The molecule has 0 atom stereocenters. The van der Waals surface area contributed by atoms with Gasteiger partial charge in [-0.25, -0.2) is 4.98 Å². The summed E-state index contributed by atoms with van der Waals surface area (Å²) in [6.45, 7) is 0.392. The van der Waals surface area contributed by atoms with Crippen molar-refractivity contribution in [3.8, 4) is 5.88 Å². The molecule has 14 heavy (non-hydrogen) atoms. The second-order valence-corrected chi connectivity index (χ2v) is 2.91. The Morgan fingerprint density at radius 1 is 1.57 bits per heavy atom. The summed E-state index contributed by atoms with van der Waals surface area (Å²) in [5.41, 5.74) is 0.205. The molecule has 0 bridgehead atoms. The molecule has 0 radical (unpaired) electrons. The fraction of sp³-hybridized carbons (Fsp3) is 0.444. The van der Waals surface area contributed by atoms with E-state index in [0.717, 1.165) is 6.20 Å². The molecule has 1 aromatic heterocycles. The van der Waals surface area contributed by atoms with E-state index in [9.17, 15) is 8.78 Å². The standard InChI is InChI=1S/C9H11F2NO2/c1-6-3-7(9(10,11)5-13)4-12-8(6)14-2/h3-4,13H,5H2,1-2H3. The number of ether oxygens (including phenoxy) is 1. The molecule has 0 amide bonds. The van der Waals surface area contributed by atoms with Gasteiger partial charge in [0.15, 0.2) is 0 Å². The molecule has 1 N–H and O–H groups in total. The van der Waals surface area contributed by atoms with Crippen LogP contribution in [0.15, 0.2) is 12.3 Å². The number of nitrogens with zero attached hydrogens (tertiary/aromatic N) is 1. The molecule has 0 unspecified atom stereocenters. The zero-order chi connectivity index (χ0) is 10.8. The predicted octanol–water partition coefficient (Wildman–Crippen LogP) is 1.48. The fourth-order valence-electron chi connectivity index (χ4n) is 1.07. The number of rotatable bonds is 3. The van der Waals surface area contributed by atoms with Gasteiger partial charge in [0.1, 0.15) is 6.61 Å². The number of hydrogen-bond donors (Lipinski definition) is 1. The van der Waals surface area contributed by atoms with Crippen molar-refractivity contribution in [3.63, 3.8) is 0 Å². The van der Waals surface area contributed by atoms with Gasteiger partial charge in [0.05, 0.1) is 7.11 Å². The second kappa shape index (κ2) is 3.88. The Hall–Kier alpha value is -1.23. The van der Waals surface area contributed by atoms with Gasteiger partial charge < -0.3 is 9.84 Å². The Kier molecular flexibility index (Phi) is 3.00. The molecule has 78 valence electrons. The van der Waals surface area contributed by atoms with Crippen molar-refractivity contribution in [1.29, 1.82) is 0 Å². The quantitative estimate of drug-likeness (QED) is 0.809. The third kappa shape index (κ3) is 1.98. The van der Waals surface area contributed by atoms with Crippen LogP contribution in [0.5, 0.6) is 5.88 Å². The summed E-state index contributed by atoms with van der Waals surface area (Å²) in [6, 6.07) is 1.25. The first kappa shape index (κ1) is 10.8. The molecule has 1 aromatic rings. The maximum absolute atomic E-state index is 13.0. The lowest BCUT2D eigenvalue weighted by atomic mass is 10.1. The van der Waals surface area contributed by atoms with E-state index in [1.807, 2.05) is 0 Å². The monoisotopic (exact) mass is 203 g/mol. The summed E-state index contributed by atoms with van der Waals surface area (Å²) < 4.78 is 30.8. The number of aliphatic hydroxyl groups excluding tert-OH is 1. The third-order valence-corrected chi connectivity index (χ3v) is 1.84. The minimum absolute atomic E-state index is 0.307. The summed E-state index contributed by atoms with van der Waals surface area (Å²) >= 11 is 0. The van der Waals surface area contributed by atoms with Crippen molar-refractivity contribution >= 4 is 0 Å². The lowest BCUT2D eigenvalue weighted by Crippen LogP contribution is -2.19. The number of hydrogen-bond acceptors (Lipinski definition) is 3. The molecule has 0 aliphatic carbocycles. The number of pyridine rings is 1. The largest absolute Gasteiger partial charge is 0.481 e. The average molecular weight is 203 g/mol. The molecular formula is C9H11F2NO2. The van der Waals surface area contributed by atoms with Crippen molar-refractivity contribution in [1.82, 2.24) is 4.98 Å². The van der Waals surface area contributed by atoms with Gasteiger partial charge in [-0.3, -0.25) is 0 Å². The van der Waals surface area contributed by atoms with Crippen LogP contribution in [0.3, 0.4) is 0 Å². The molecule has 0 saturated carbocycles. The summed E-state index contributed by atoms with van der Waals surface area (Å²) in [4.78, 5) is 3.70. The number of aromatic nitrogens is 1. The van der Waals surface area contributed by atoms with Crippen LogP contribution in [0, 0.1) is 6.92 Å². The van der Waals surface area contributed by atoms with Gasteiger partial charge in [-0.1, -0.05) is 0 Å². The molecule has 0 spiro atoms. The van der Waals surface area contributed by atoms with Crippen LogP contribution < -0.4 is 4.74 Å². The van der Waals surface area contributed by atoms with Crippen LogP contribution in [0.2, 0.25) is 0 Å². The predicted molar refractivity (Wildman–Crippen MR) is 46.5 cm³/mol. The fourth-order valence-corrected chi connectivity index (χ4v) is 1.07. The van der Waals surface area contributed by atoms with Crippen molar-refractivity contribution in [2.45, 2.75) is 12.8 Å². The summed E-state index contributed by atoms with van der Waals surface area (Å²) in [5, 5.41) is 8.46. The number of halogens is 2. The van der Waals surface area contributed by atoms with Crippen molar-refractivity contribution in [3.05, 3.63) is 23.4 Å². The molecule has 1 heterocycles. The first-order valence-electron chi connectivity index (χ1n) is 4.01. The van der Waals surface area contributed by atoms with Gasteiger partial charge in [0.25, 0.3) is 5.92 Å². The van der Waals surface area contributed by atoms with Crippen LogP contribution in [0.4, 0.5) is 8.78 Å². The smallest absolute Gasteiger partial charge is 0.297 e. The van der Waals surface area contributed by atoms with E-state index in [2.05, 4.69) is 4.98 Å². The van der Waals surface area contributed by atoms with E-state index in [1.54, 1.807) is 6.92 Å². The first-order valence-corrected chi connectivity index (χ1v) is 4.01. The van der Waals surface area contributed by atoms with Gasteiger partial charge in [-0.05, 0) is 13.0 Å². The minimum atomic E-state index is -3.25. The number of methoxy groups -OCH3 is 1. The van der Waals surface area contributed by atoms with Crippen LogP contribution in [-0.4, -0.2) is 23.8 Å². The third-order valence-electron chi connectivity index (χ3n) is 1.84. The topological polar surface area (TPSA) is 42.4 Å². The highest BCUT2D eigenvalue weighted by molar-refractivity contribution is 5.30. The molecule has 0 aliphatic heterocycles. The summed E-state index contributed by atoms with van der Waals surface area (Å²) in [6.07, 6.45) is 1.00. The van der Waals surface area contributed by atoms with E-state index >= 15 is 0 Å². The number of aliphatic hydroxyl groups is 1. The highest BCUT2D eigenvalue weighted by Crippen LogP contribution is 2.28. The second-order valence-electron chi connectivity index (χ2n) is 2.91. The molecule has 5 heteroatoms. The lowest BCUT2D eigenvalue weighted by Gasteiger charge is -2.14. The average Bonchev–Trinajstić information content (AvgIpc) is 2.17. The van der Waals surface area contributed by atoms with Crippen molar-refractivity contribution in [2.24, 2.45) is 0 Å². The van der Waals surface area contributed by atoms with Gasteiger partial charge >= 0.3 is 0 Å². The highest BCUT2D eigenvalue weighted by Gasteiger charge is 2.31. The van der Waals surface area contributed by atoms with E-state index in [4.69, 9.17) is 9.84 Å². The molecule has 0 aromatic carbocycles. The van der Waals surface area contributed by atoms with E-state index in [1.165, 1.54) is 13.2 Å². The molecule has 0 saturated heterocycles. The molecular weight excluding hydrogens is 192 g/mol. The van der Waals surface area contributed by atoms with Crippen LogP contribution in [-0.2, 0) is 5.92 Å². The lowest BCUT2D eigenvalue weighted by molar-refractivity contribution is -0.0559. The zero-order valence-corrected chi connectivity index (χ0v) is 7.92. The van der Waals surface area contributed by atoms with Gasteiger partial charge in [-0.15, -0.1) is 0 Å². The van der Waals surface area contributed by atoms with Gasteiger partial charge in [0.2, 0.25) is 5.88 Å². The molecule has 0 aliphatic rings. The van der Waals surface area contributed by atoms with Crippen molar-refractivity contribution in [2.75, 3.05) is 13.7 Å². The summed E-state index contributed by atoms with van der Waals surface area (Å²) in [7, 11) is 1.42. The van der Waals surface area contributed by atoms with Gasteiger partial charge in [0, 0.05) is 17.3 Å². The maximum Gasteiger partial charge on any atom is 0.297 e. The van der Waals surface area contributed by atoms with E-state index in [-0.39, 0.29) is 5.56 Å². The zero-order valence-electron chi connectivity index (χ0n) is 7.92. The Bertz CT molecular complexity index is 329. The van der Waals surface area contributed by atoms with Crippen LogP contribution >= 0.6 is 0 Å². The normalized spacial score (nSPS) is 11.5. The highest BCUT2D eigenvalue weighted by atomic mass is 19.3. The van der Waals surface area contributed by atoms with Gasteiger partial charge in [-0.2, -0.15) is 8.78 Å². The molecule has 3 nitrogen and oxygen atoms in total. The van der Waals surface area contributed by atoms with E-state index < -0.39 is 12.5 Å². The SMILES string of the molecule is COc1ncc(C(F)(F)CO)cc1C. The Labute approximate surface area is 80.3 Å². The Balaban J connectivity index is 3.08. The Morgan fingerprint density at radius 2 is 2.21 bits per heavy atom. The Morgan fingerprint density at radius 3 is 2.64 bits per heavy atom. The van der Waals surface area contributed by atoms with Crippen LogP contribution in [0.25, 0.3) is 0 Å². The first-order chi connectivity index (χ1) is 6.51. The number of alkyl halides is 2. The summed E-state index contributed by atoms with van der Waals surface area (Å²) in [5.74, 6) is -2.94. The number of aryl methyl sites for hydroxylation is 1. The molecule has 0 fully saturated rings. The van der Waals surface area contributed by atoms with Crippen LogP contribution in [0.1, 0.15) is 11.1 Å². The van der Waals surface area contributed by atoms with Crippen molar-refractivity contribution < 1.29 is 18.6 Å². The molecule has 1 rings (SSSR count). The van der Waals surface area contributed by atoms with E-state index in [0.29, 0.717) is 11.4 Å².